The summed E-state index contributed by atoms with van der Waals surface area (Å²) in [5.74, 6) is 1.51. The number of hydrogen-bond acceptors (Lipinski definition) is 7. The molecule has 40 heavy (non-hydrogen) atoms. The average Bonchev–Trinajstić information content (AvgIpc) is 3.22. The number of ketones is 1. The van der Waals surface area contributed by atoms with Crippen molar-refractivity contribution in [3.8, 4) is 17.2 Å². The maximum absolute atomic E-state index is 13.9. The van der Waals surface area contributed by atoms with E-state index in [1.807, 2.05) is 74.5 Å². The molecular weight excluding hydrogens is 524 g/mol. The van der Waals surface area contributed by atoms with Crippen molar-refractivity contribution in [2.75, 3.05) is 7.11 Å². The fourth-order valence-electron chi connectivity index (χ4n) is 5.74. The van der Waals surface area contributed by atoms with Crippen LogP contribution in [0.25, 0.3) is 6.08 Å². The van der Waals surface area contributed by atoms with Gasteiger partial charge in [-0.2, -0.15) is 0 Å². The highest BCUT2D eigenvalue weighted by Gasteiger charge is 2.53. The van der Waals surface area contributed by atoms with E-state index in [4.69, 9.17) is 19.2 Å². The fourth-order valence-corrected chi connectivity index (χ4v) is 6.84. The number of fused-ring (bicyclic) bond motifs is 6. The van der Waals surface area contributed by atoms with Crippen molar-refractivity contribution in [1.29, 1.82) is 0 Å². The Hall–Kier alpha value is -4.17. The molecule has 4 aromatic rings. The van der Waals surface area contributed by atoms with Crippen molar-refractivity contribution < 1.29 is 19.0 Å². The predicted molar refractivity (Wildman–Crippen MR) is 154 cm³/mol. The van der Waals surface area contributed by atoms with Gasteiger partial charge in [-0.15, -0.1) is 0 Å². The van der Waals surface area contributed by atoms with Crippen molar-refractivity contribution in [1.82, 2.24) is 4.57 Å². The van der Waals surface area contributed by atoms with Crippen LogP contribution in [-0.2, 0) is 11.4 Å². The molecule has 3 heterocycles. The van der Waals surface area contributed by atoms with Gasteiger partial charge in [0.1, 0.15) is 35.6 Å². The topological polar surface area (TPSA) is 79.1 Å². The third kappa shape index (κ3) is 4.23. The Bertz CT molecular complexity index is 1840. The van der Waals surface area contributed by atoms with E-state index in [0.717, 1.165) is 33.6 Å². The van der Waals surface area contributed by atoms with E-state index in [0.29, 0.717) is 27.4 Å². The van der Waals surface area contributed by atoms with Crippen LogP contribution in [0.1, 0.15) is 47.7 Å². The molecule has 0 aliphatic carbocycles. The number of nitrogens with zero attached hydrogens (tertiary/aromatic N) is 2. The second-order valence-corrected chi connectivity index (χ2v) is 11.5. The quantitative estimate of drug-likeness (QED) is 0.351. The van der Waals surface area contributed by atoms with Crippen molar-refractivity contribution in [2.24, 2.45) is 10.9 Å². The summed E-state index contributed by atoms with van der Waals surface area (Å²) < 4.78 is 20.2. The summed E-state index contributed by atoms with van der Waals surface area (Å²) >= 11 is 1.30. The Morgan fingerprint density at radius 3 is 2.70 bits per heavy atom. The first kappa shape index (κ1) is 26.1. The van der Waals surface area contributed by atoms with Crippen LogP contribution in [0.2, 0.25) is 0 Å². The zero-order chi connectivity index (χ0) is 28.2. The molecule has 2 bridgehead atoms. The van der Waals surface area contributed by atoms with Crippen LogP contribution in [-0.4, -0.2) is 23.2 Å². The number of Topliss-reactive ketones (excluding diaryl/α,β-unsaturated/α-hetero) is 1. The van der Waals surface area contributed by atoms with Crippen LogP contribution < -0.4 is 29.1 Å². The number of carbonyl (C=O) groups excluding carboxylic acids is 1. The van der Waals surface area contributed by atoms with E-state index < -0.39 is 17.7 Å². The van der Waals surface area contributed by atoms with Gasteiger partial charge in [0.25, 0.3) is 5.56 Å². The summed E-state index contributed by atoms with van der Waals surface area (Å²) in [4.78, 5) is 32.1. The smallest absolute Gasteiger partial charge is 0.270 e. The monoisotopic (exact) mass is 554 g/mol. The number of rotatable bonds is 6. The number of hydrogen-bond donors (Lipinski definition) is 0. The summed E-state index contributed by atoms with van der Waals surface area (Å²) in [5, 5.41) is 0. The molecule has 3 aromatic carbocycles. The Kier molecular flexibility index (Phi) is 6.38. The molecule has 0 saturated heterocycles. The van der Waals surface area contributed by atoms with E-state index in [2.05, 4.69) is 13.0 Å². The summed E-state index contributed by atoms with van der Waals surface area (Å²) in [5.41, 5.74) is 3.52. The van der Waals surface area contributed by atoms with E-state index in [1.54, 1.807) is 11.7 Å². The maximum atomic E-state index is 13.9. The van der Waals surface area contributed by atoms with Gasteiger partial charge in [-0.25, -0.2) is 4.99 Å². The number of ether oxygens (including phenoxy) is 3. The Labute approximate surface area is 236 Å². The maximum Gasteiger partial charge on any atom is 0.270 e. The van der Waals surface area contributed by atoms with Crippen LogP contribution >= 0.6 is 11.3 Å². The first-order valence-corrected chi connectivity index (χ1v) is 14.0. The van der Waals surface area contributed by atoms with E-state index >= 15 is 0 Å². The SMILES string of the molecule is COc1ccc(/C=c2/sc3n(c2=O)C2c4ccccc4OC(C)(N=3)C2C(C)=O)cc1COc1cccc(C)c1C. The van der Waals surface area contributed by atoms with Gasteiger partial charge in [-0.05, 0) is 74.7 Å². The van der Waals surface area contributed by atoms with Crippen molar-refractivity contribution in [2.45, 2.75) is 46.1 Å². The zero-order valence-electron chi connectivity index (χ0n) is 23.1. The van der Waals surface area contributed by atoms with E-state index in [-0.39, 0.29) is 11.3 Å². The molecule has 3 unspecified atom stereocenters. The van der Waals surface area contributed by atoms with Crippen LogP contribution in [0.4, 0.5) is 0 Å². The van der Waals surface area contributed by atoms with Crippen LogP contribution in [0.15, 0.2) is 70.5 Å². The van der Waals surface area contributed by atoms with Gasteiger partial charge in [-0.1, -0.05) is 47.7 Å². The van der Waals surface area contributed by atoms with E-state index in [9.17, 15) is 9.59 Å². The third-order valence-electron chi connectivity index (χ3n) is 7.86. The Morgan fingerprint density at radius 1 is 1.12 bits per heavy atom. The van der Waals surface area contributed by atoms with Gasteiger partial charge in [0.2, 0.25) is 5.72 Å². The molecule has 0 radical (unpaired) electrons. The summed E-state index contributed by atoms with van der Waals surface area (Å²) in [6, 6.07) is 18.8. The van der Waals surface area contributed by atoms with Gasteiger partial charge < -0.3 is 14.2 Å². The third-order valence-corrected chi connectivity index (χ3v) is 8.84. The molecule has 0 N–H and O–H groups in total. The molecule has 0 spiro atoms. The molecule has 0 fully saturated rings. The number of carbonyl (C=O) groups is 1. The minimum atomic E-state index is -1.09. The number of benzene rings is 3. The van der Waals surface area contributed by atoms with Gasteiger partial charge in [0, 0.05) is 11.1 Å². The molecule has 0 amide bonds. The van der Waals surface area contributed by atoms with E-state index in [1.165, 1.54) is 18.3 Å². The largest absolute Gasteiger partial charge is 0.496 e. The molecule has 2 aliphatic heterocycles. The molecule has 204 valence electrons. The van der Waals surface area contributed by atoms with Gasteiger partial charge in [0.05, 0.1) is 17.7 Å². The van der Waals surface area contributed by atoms with Crippen molar-refractivity contribution >= 4 is 23.2 Å². The standard InChI is InChI=1S/C32H30N2O5S/c1-18-9-8-12-24(19(18)2)38-17-22-15-21(13-14-25(22)37-5)16-27-30(36)34-29-23-10-6-7-11-26(23)39-32(4,28(29)20(3)35)33-31(34)40-27/h6-16,28-29H,17H2,1-5H3/b27-16+. The Balaban J connectivity index is 1.43. The number of aromatic nitrogens is 1. The summed E-state index contributed by atoms with van der Waals surface area (Å²) in [6.07, 6.45) is 1.86. The molecule has 8 heteroatoms. The van der Waals surface area contributed by atoms with Gasteiger partial charge in [-0.3, -0.25) is 14.2 Å². The lowest BCUT2D eigenvalue weighted by Gasteiger charge is -2.45. The van der Waals surface area contributed by atoms with Crippen LogP contribution in [0.5, 0.6) is 17.2 Å². The second-order valence-electron chi connectivity index (χ2n) is 10.5. The zero-order valence-corrected chi connectivity index (χ0v) is 23.9. The molecule has 1 aromatic heterocycles. The number of para-hydroxylation sites is 1. The fraction of sp³-hybridized carbons (Fsp3) is 0.281. The van der Waals surface area contributed by atoms with Gasteiger partial charge >= 0.3 is 0 Å². The normalized spacial score (nSPS) is 21.1. The molecule has 2 aliphatic rings. The molecule has 3 atom stereocenters. The Morgan fingerprint density at radius 2 is 1.93 bits per heavy atom. The predicted octanol–water partition coefficient (Wildman–Crippen LogP) is 4.48. The van der Waals surface area contributed by atoms with Crippen molar-refractivity contribution in [3.05, 3.63) is 108 Å². The lowest BCUT2D eigenvalue weighted by Crippen LogP contribution is -2.58. The van der Waals surface area contributed by atoms with Crippen molar-refractivity contribution in [3.63, 3.8) is 0 Å². The molecule has 6 rings (SSSR count). The molecule has 0 saturated carbocycles. The lowest BCUT2D eigenvalue weighted by atomic mass is 9.79. The lowest BCUT2D eigenvalue weighted by molar-refractivity contribution is -0.132. The molecular formula is C32H30N2O5S. The molecule has 7 nitrogen and oxygen atoms in total. The minimum absolute atomic E-state index is 0.0660. The first-order chi connectivity index (χ1) is 19.2. The second kappa shape index (κ2) is 9.78. The van der Waals surface area contributed by atoms with Crippen LogP contribution in [0.3, 0.4) is 0 Å². The average molecular weight is 555 g/mol. The summed E-state index contributed by atoms with van der Waals surface area (Å²) in [6.45, 7) is 7.78. The highest BCUT2D eigenvalue weighted by atomic mass is 32.1. The van der Waals surface area contributed by atoms with Crippen LogP contribution in [0, 0.1) is 19.8 Å². The number of methoxy groups -OCH3 is 1. The highest BCUT2D eigenvalue weighted by Crippen LogP contribution is 2.47. The number of thiazole rings is 1. The number of aryl methyl sites for hydroxylation is 1. The summed E-state index contributed by atoms with van der Waals surface area (Å²) in [7, 11) is 1.63. The first-order valence-electron chi connectivity index (χ1n) is 13.2. The highest BCUT2D eigenvalue weighted by molar-refractivity contribution is 7.07. The van der Waals surface area contributed by atoms with Gasteiger partial charge in [0.15, 0.2) is 4.80 Å². The minimum Gasteiger partial charge on any atom is -0.496 e.